The summed E-state index contributed by atoms with van der Waals surface area (Å²) >= 11 is 6.48. The molecule has 3 N–H and O–H groups in total. The summed E-state index contributed by atoms with van der Waals surface area (Å²) in [5, 5.41) is 4.26. The molecular weight excluding hydrogens is 356 g/mol. The van der Waals surface area contributed by atoms with Gasteiger partial charge < -0.3 is 15.5 Å². The van der Waals surface area contributed by atoms with Crippen molar-refractivity contribution < 1.29 is 4.74 Å². The van der Waals surface area contributed by atoms with E-state index < -0.39 is 0 Å². The number of methoxy groups -OCH3 is 1. The number of nitrogens with two attached hydrogens (primary N) is 1. The maximum atomic E-state index is 6.48. The molecule has 4 rings (SSSR count). The lowest BCUT2D eigenvalue weighted by atomic mass is 9.97. The van der Waals surface area contributed by atoms with E-state index in [9.17, 15) is 0 Å². The fourth-order valence-electron chi connectivity index (χ4n) is 3.76. The molecule has 0 atom stereocenters. The molecule has 3 aromatic carbocycles. The van der Waals surface area contributed by atoms with Gasteiger partial charge in [0.1, 0.15) is 5.75 Å². The topological polar surface area (TPSA) is 51.0 Å². The van der Waals surface area contributed by atoms with Gasteiger partial charge in [0.05, 0.1) is 23.3 Å². The molecular formula is C23H23ClN2O. The number of aryl methyl sites for hydroxylation is 1. The molecule has 1 heterocycles. The van der Waals surface area contributed by atoms with E-state index in [1.54, 1.807) is 7.11 Å². The van der Waals surface area contributed by atoms with Gasteiger partial charge in [0.2, 0.25) is 0 Å². The number of para-hydroxylation sites is 1. The van der Waals surface area contributed by atoms with Crippen molar-refractivity contribution in [2.75, 3.05) is 13.7 Å². The molecule has 0 fully saturated rings. The number of nitrogens with one attached hydrogen (secondary N) is 1. The molecule has 4 aromatic rings. The molecule has 27 heavy (non-hydrogen) atoms. The van der Waals surface area contributed by atoms with Crippen LogP contribution in [0.2, 0.25) is 5.02 Å². The second-order valence-electron chi connectivity index (χ2n) is 6.79. The van der Waals surface area contributed by atoms with Crippen LogP contribution in [-0.2, 0) is 6.42 Å². The van der Waals surface area contributed by atoms with Gasteiger partial charge in [-0.15, -0.1) is 0 Å². The standard InChI is InChI=1S/C23H23ClN2O/c1-27-21-14-16-8-3-2-7-15(16)13-19(21)22-17(9-4-5-12-25)18-10-6-11-20(24)23(18)26-22/h2-3,6-8,10-11,13-14,26H,4-5,9,12,25H2,1H3. The zero-order chi connectivity index (χ0) is 18.8. The third-order valence-electron chi connectivity index (χ3n) is 5.11. The van der Waals surface area contributed by atoms with E-state index >= 15 is 0 Å². The highest BCUT2D eigenvalue weighted by atomic mass is 35.5. The van der Waals surface area contributed by atoms with E-state index in [0.29, 0.717) is 6.54 Å². The smallest absolute Gasteiger partial charge is 0.128 e. The van der Waals surface area contributed by atoms with E-state index in [-0.39, 0.29) is 0 Å². The summed E-state index contributed by atoms with van der Waals surface area (Å²) < 4.78 is 5.74. The summed E-state index contributed by atoms with van der Waals surface area (Å²) in [4.78, 5) is 3.57. The first-order chi connectivity index (χ1) is 13.2. The lowest BCUT2D eigenvalue weighted by Gasteiger charge is -2.12. The summed E-state index contributed by atoms with van der Waals surface area (Å²) in [6, 6.07) is 18.7. The molecule has 0 radical (unpaired) electrons. The third kappa shape index (κ3) is 3.29. The van der Waals surface area contributed by atoms with Crippen LogP contribution >= 0.6 is 11.6 Å². The number of rotatable bonds is 6. The van der Waals surface area contributed by atoms with Gasteiger partial charge in [0.25, 0.3) is 0 Å². The number of halogens is 1. The van der Waals surface area contributed by atoms with Gasteiger partial charge in [-0.2, -0.15) is 0 Å². The van der Waals surface area contributed by atoms with Crippen molar-refractivity contribution in [2.45, 2.75) is 19.3 Å². The lowest BCUT2D eigenvalue weighted by Crippen LogP contribution is -1.99. The Kier molecular flexibility index (Phi) is 5.06. The number of unbranched alkanes of at least 4 members (excludes halogenated alkanes) is 1. The predicted octanol–water partition coefficient (Wildman–Crippen LogP) is 5.93. The van der Waals surface area contributed by atoms with Gasteiger partial charge in [-0.25, -0.2) is 0 Å². The molecule has 0 unspecified atom stereocenters. The van der Waals surface area contributed by atoms with Gasteiger partial charge >= 0.3 is 0 Å². The molecule has 4 heteroatoms. The molecule has 0 amide bonds. The summed E-state index contributed by atoms with van der Waals surface area (Å²) in [5.41, 5.74) is 10.1. The number of hydrogen-bond acceptors (Lipinski definition) is 2. The summed E-state index contributed by atoms with van der Waals surface area (Å²) in [7, 11) is 1.72. The van der Waals surface area contributed by atoms with Gasteiger partial charge in [0.15, 0.2) is 0 Å². The van der Waals surface area contributed by atoms with Crippen LogP contribution in [-0.4, -0.2) is 18.6 Å². The quantitative estimate of drug-likeness (QED) is 0.408. The Balaban J connectivity index is 1.96. The van der Waals surface area contributed by atoms with Crippen molar-refractivity contribution in [2.24, 2.45) is 5.73 Å². The number of aromatic amines is 1. The summed E-state index contributed by atoms with van der Waals surface area (Å²) in [6.07, 6.45) is 2.99. The maximum Gasteiger partial charge on any atom is 0.128 e. The van der Waals surface area contributed by atoms with E-state index in [0.717, 1.165) is 52.2 Å². The first-order valence-electron chi connectivity index (χ1n) is 9.29. The number of fused-ring (bicyclic) bond motifs is 2. The van der Waals surface area contributed by atoms with E-state index in [2.05, 4.69) is 41.4 Å². The van der Waals surface area contributed by atoms with Crippen molar-refractivity contribution >= 4 is 33.3 Å². The molecule has 138 valence electrons. The Hall–Kier alpha value is -2.49. The Bertz CT molecular complexity index is 1100. The van der Waals surface area contributed by atoms with Crippen molar-refractivity contribution in [3.05, 3.63) is 65.2 Å². The first-order valence-corrected chi connectivity index (χ1v) is 9.67. The largest absolute Gasteiger partial charge is 0.496 e. The van der Waals surface area contributed by atoms with Crippen LogP contribution in [0.15, 0.2) is 54.6 Å². The Morgan fingerprint density at radius 3 is 2.52 bits per heavy atom. The highest BCUT2D eigenvalue weighted by Gasteiger charge is 2.18. The van der Waals surface area contributed by atoms with Gasteiger partial charge in [0, 0.05) is 10.9 Å². The van der Waals surface area contributed by atoms with Crippen molar-refractivity contribution in [1.29, 1.82) is 0 Å². The number of H-pyrrole nitrogens is 1. The van der Waals surface area contributed by atoms with Crippen molar-refractivity contribution in [3.8, 4) is 17.0 Å². The molecule has 0 spiro atoms. The van der Waals surface area contributed by atoms with Crippen LogP contribution in [0.3, 0.4) is 0 Å². The van der Waals surface area contributed by atoms with E-state index in [1.165, 1.54) is 16.3 Å². The second-order valence-corrected chi connectivity index (χ2v) is 7.19. The molecule has 0 aliphatic heterocycles. The van der Waals surface area contributed by atoms with Crippen LogP contribution in [0.25, 0.3) is 32.9 Å². The third-order valence-corrected chi connectivity index (χ3v) is 5.42. The van der Waals surface area contributed by atoms with Crippen molar-refractivity contribution in [3.63, 3.8) is 0 Å². The normalized spacial score (nSPS) is 11.4. The maximum absolute atomic E-state index is 6.48. The monoisotopic (exact) mass is 378 g/mol. The minimum absolute atomic E-state index is 0.706. The molecule has 0 aliphatic rings. The highest BCUT2D eigenvalue weighted by molar-refractivity contribution is 6.35. The van der Waals surface area contributed by atoms with Gasteiger partial charge in [-0.1, -0.05) is 48.0 Å². The van der Waals surface area contributed by atoms with E-state index in [4.69, 9.17) is 22.1 Å². The number of aromatic nitrogens is 1. The van der Waals surface area contributed by atoms with Crippen molar-refractivity contribution in [1.82, 2.24) is 4.98 Å². The van der Waals surface area contributed by atoms with E-state index in [1.807, 2.05) is 18.2 Å². The average molecular weight is 379 g/mol. The zero-order valence-corrected chi connectivity index (χ0v) is 16.1. The summed E-state index contributed by atoms with van der Waals surface area (Å²) in [6.45, 7) is 0.706. The SMILES string of the molecule is COc1cc2ccccc2cc1-c1[nH]c2c(Cl)cccc2c1CCCCN. The predicted molar refractivity (Wildman–Crippen MR) is 115 cm³/mol. The Morgan fingerprint density at radius 1 is 1.00 bits per heavy atom. The van der Waals surface area contributed by atoms with Crippen LogP contribution in [0.5, 0.6) is 5.75 Å². The molecule has 0 bridgehead atoms. The van der Waals surface area contributed by atoms with Gasteiger partial charge in [-0.05, 0) is 60.3 Å². The minimum atomic E-state index is 0.706. The minimum Gasteiger partial charge on any atom is -0.496 e. The molecule has 1 aromatic heterocycles. The van der Waals surface area contributed by atoms with Crippen LogP contribution in [0.4, 0.5) is 0 Å². The number of ether oxygens (including phenoxy) is 1. The Morgan fingerprint density at radius 2 is 1.78 bits per heavy atom. The summed E-state index contributed by atoms with van der Waals surface area (Å²) in [5.74, 6) is 0.858. The molecule has 0 aliphatic carbocycles. The number of benzene rings is 3. The lowest BCUT2D eigenvalue weighted by molar-refractivity contribution is 0.417. The number of hydrogen-bond donors (Lipinski definition) is 2. The van der Waals surface area contributed by atoms with Crippen LogP contribution < -0.4 is 10.5 Å². The fourth-order valence-corrected chi connectivity index (χ4v) is 3.98. The molecule has 3 nitrogen and oxygen atoms in total. The molecule has 0 saturated heterocycles. The van der Waals surface area contributed by atoms with Crippen LogP contribution in [0.1, 0.15) is 18.4 Å². The van der Waals surface area contributed by atoms with Gasteiger partial charge in [-0.3, -0.25) is 0 Å². The Labute approximate surface area is 164 Å². The highest BCUT2D eigenvalue weighted by Crippen LogP contribution is 2.40. The second kappa shape index (κ2) is 7.63. The first kappa shape index (κ1) is 17.9. The average Bonchev–Trinajstić information content (AvgIpc) is 3.07. The fraction of sp³-hybridized carbons (Fsp3) is 0.217. The van der Waals surface area contributed by atoms with Crippen LogP contribution in [0, 0.1) is 0 Å². The molecule has 0 saturated carbocycles. The zero-order valence-electron chi connectivity index (χ0n) is 15.4.